The number of anilines is 1. The molecule has 0 radical (unpaired) electrons. The number of ether oxygens (including phenoxy) is 1. The molecule has 17 heavy (non-hydrogen) atoms. The number of aromatic nitrogens is 2. The van der Waals surface area contributed by atoms with Crippen molar-refractivity contribution in [2.24, 2.45) is 11.7 Å². The van der Waals surface area contributed by atoms with Gasteiger partial charge in [0, 0.05) is 13.0 Å². The third-order valence-corrected chi connectivity index (χ3v) is 2.64. The van der Waals surface area contributed by atoms with Gasteiger partial charge < -0.3 is 15.4 Å². The Hall–Kier alpha value is -2.18. The molecule has 1 aromatic rings. The first-order valence-corrected chi connectivity index (χ1v) is 5.07. The van der Waals surface area contributed by atoms with E-state index < -0.39 is 11.8 Å². The summed E-state index contributed by atoms with van der Waals surface area (Å²) < 4.78 is 4.82. The lowest BCUT2D eigenvalue weighted by Gasteiger charge is -2.15. The van der Waals surface area contributed by atoms with Crippen molar-refractivity contribution in [1.29, 1.82) is 0 Å². The summed E-state index contributed by atoms with van der Waals surface area (Å²) in [5.41, 5.74) is 5.72. The van der Waals surface area contributed by atoms with Crippen molar-refractivity contribution in [2.75, 3.05) is 18.6 Å². The first kappa shape index (κ1) is 11.3. The number of rotatable bonds is 3. The van der Waals surface area contributed by atoms with E-state index in [-0.39, 0.29) is 24.9 Å². The Balaban J connectivity index is 2.17. The summed E-state index contributed by atoms with van der Waals surface area (Å²) in [6.07, 6.45) is 3.10. The van der Waals surface area contributed by atoms with E-state index in [1.54, 1.807) is 0 Å². The summed E-state index contributed by atoms with van der Waals surface area (Å²) in [6, 6.07) is 0.229. The Morgan fingerprint density at radius 3 is 2.65 bits per heavy atom. The average molecular weight is 236 g/mol. The van der Waals surface area contributed by atoms with Crippen LogP contribution >= 0.6 is 0 Å². The van der Waals surface area contributed by atoms with Gasteiger partial charge in [-0.15, -0.1) is 0 Å². The van der Waals surface area contributed by atoms with Crippen LogP contribution in [0.5, 0.6) is 6.01 Å². The van der Waals surface area contributed by atoms with Crippen molar-refractivity contribution < 1.29 is 14.3 Å². The molecule has 7 heteroatoms. The van der Waals surface area contributed by atoms with Gasteiger partial charge in [0.05, 0.1) is 31.1 Å². The molecule has 1 aliphatic heterocycles. The second-order valence-electron chi connectivity index (χ2n) is 3.74. The predicted octanol–water partition coefficient (Wildman–Crippen LogP) is -0.677. The van der Waals surface area contributed by atoms with Gasteiger partial charge in [-0.2, -0.15) is 0 Å². The standard InChI is InChI=1S/C10H12N4O3/c1-17-10-12-3-7(4-13-10)14-5-6(9(11)16)2-8(14)15/h3-4,6H,2,5H2,1H3,(H2,11,16). The Bertz CT molecular complexity index is 445. The summed E-state index contributed by atoms with van der Waals surface area (Å²) in [5.74, 6) is -1.05. The summed E-state index contributed by atoms with van der Waals surface area (Å²) in [5, 5.41) is 0. The van der Waals surface area contributed by atoms with Crippen LogP contribution < -0.4 is 15.4 Å². The van der Waals surface area contributed by atoms with Gasteiger partial charge in [0.2, 0.25) is 11.8 Å². The summed E-state index contributed by atoms with van der Waals surface area (Å²) in [6.45, 7) is 0.282. The number of hydrogen-bond donors (Lipinski definition) is 1. The Labute approximate surface area is 97.6 Å². The van der Waals surface area contributed by atoms with Crippen LogP contribution in [0.3, 0.4) is 0 Å². The highest BCUT2D eigenvalue weighted by molar-refractivity contribution is 5.99. The number of primary amides is 1. The lowest BCUT2D eigenvalue weighted by atomic mass is 10.1. The molecule has 0 saturated carbocycles. The van der Waals surface area contributed by atoms with E-state index in [0.29, 0.717) is 5.69 Å². The average Bonchev–Trinajstić information content (AvgIpc) is 2.72. The minimum Gasteiger partial charge on any atom is -0.467 e. The highest BCUT2D eigenvalue weighted by Crippen LogP contribution is 2.24. The summed E-state index contributed by atoms with van der Waals surface area (Å²) >= 11 is 0. The van der Waals surface area contributed by atoms with E-state index in [1.165, 1.54) is 24.4 Å². The molecule has 1 aliphatic rings. The maximum Gasteiger partial charge on any atom is 0.316 e. The molecule has 0 spiro atoms. The molecule has 1 fully saturated rings. The molecule has 1 aromatic heterocycles. The molecule has 7 nitrogen and oxygen atoms in total. The van der Waals surface area contributed by atoms with E-state index in [0.717, 1.165) is 0 Å². The normalized spacial score (nSPS) is 19.5. The van der Waals surface area contributed by atoms with Gasteiger partial charge in [0.25, 0.3) is 0 Å². The van der Waals surface area contributed by atoms with Crippen LogP contribution in [-0.4, -0.2) is 35.4 Å². The molecular formula is C10H12N4O3. The molecule has 2 rings (SSSR count). The highest BCUT2D eigenvalue weighted by atomic mass is 16.5. The first-order chi connectivity index (χ1) is 8.11. The minimum atomic E-state index is -0.463. The van der Waals surface area contributed by atoms with Crippen LogP contribution in [0.15, 0.2) is 12.4 Å². The number of nitrogens with two attached hydrogens (primary N) is 1. The molecule has 90 valence electrons. The number of carbonyl (C=O) groups is 2. The zero-order valence-corrected chi connectivity index (χ0v) is 9.29. The number of nitrogens with zero attached hydrogens (tertiary/aromatic N) is 3. The van der Waals surface area contributed by atoms with Gasteiger partial charge >= 0.3 is 6.01 Å². The van der Waals surface area contributed by atoms with Crippen molar-refractivity contribution in [3.63, 3.8) is 0 Å². The SMILES string of the molecule is COc1ncc(N2CC(C(N)=O)CC2=O)cn1. The quantitative estimate of drug-likeness (QED) is 0.750. The summed E-state index contributed by atoms with van der Waals surface area (Å²) in [7, 11) is 1.46. The second kappa shape index (κ2) is 4.36. The zero-order valence-electron chi connectivity index (χ0n) is 9.29. The van der Waals surface area contributed by atoms with Gasteiger partial charge in [-0.1, -0.05) is 0 Å². The van der Waals surface area contributed by atoms with Crippen LogP contribution in [0.4, 0.5) is 5.69 Å². The van der Waals surface area contributed by atoms with Crippen molar-refractivity contribution >= 4 is 17.5 Å². The van der Waals surface area contributed by atoms with Gasteiger partial charge in [-0.25, -0.2) is 9.97 Å². The van der Waals surface area contributed by atoms with Crippen molar-refractivity contribution in [1.82, 2.24) is 9.97 Å². The second-order valence-corrected chi connectivity index (χ2v) is 3.74. The van der Waals surface area contributed by atoms with Crippen molar-refractivity contribution in [2.45, 2.75) is 6.42 Å². The van der Waals surface area contributed by atoms with Gasteiger partial charge in [0.15, 0.2) is 0 Å². The van der Waals surface area contributed by atoms with Crippen LogP contribution in [0.1, 0.15) is 6.42 Å². The Kier molecular flexibility index (Phi) is 2.90. The molecule has 2 amide bonds. The number of methoxy groups -OCH3 is 1. The predicted molar refractivity (Wildman–Crippen MR) is 58.2 cm³/mol. The van der Waals surface area contributed by atoms with E-state index in [2.05, 4.69) is 9.97 Å². The van der Waals surface area contributed by atoms with Gasteiger partial charge in [-0.05, 0) is 0 Å². The molecule has 1 saturated heterocycles. The zero-order chi connectivity index (χ0) is 12.4. The van der Waals surface area contributed by atoms with Crippen molar-refractivity contribution in [3.05, 3.63) is 12.4 Å². The third-order valence-electron chi connectivity index (χ3n) is 2.64. The third kappa shape index (κ3) is 2.17. The largest absolute Gasteiger partial charge is 0.467 e. The molecule has 1 atom stereocenters. The molecule has 0 bridgehead atoms. The van der Waals surface area contributed by atoms with E-state index in [9.17, 15) is 9.59 Å². The molecule has 0 aliphatic carbocycles. The molecule has 0 aromatic carbocycles. The minimum absolute atomic E-state index is 0.140. The smallest absolute Gasteiger partial charge is 0.316 e. The number of hydrogen-bond acceptors (Lipinski definition) is 5. The van der Waals surface area contributed by atoms with Crippen LogP contribution in [-0.2, 0) is 9.59 Å². The fraction of sp³-hybridized carbons (Fsp3) is 0.400. The van der Waals surface area contributed by atoms with Gasteiger partial charge in [-0.3, -0.25) is 9.59 Å². The van der Waals surface area contributed by atoms with E-state index >= 15 is 0 Å². The maximum absolute atomic E-state index is 11.7. The Morgan fingerprint density at radius 2 is 2.18 bits per heavy atom. The van der Waals surface area contributed by atoms with Crippen molar-refractivity contribution in [3.8, 4) is 6.01 Å². The lowest BCUT2D eigenvalue weighted by Crippen LogP contribution is -2.28. The van der Waals surface area contributed by atoms with E-state index in [4.69, 9.17) is 10.5 Å². The first-order valence-electron chi connectivity index (χ1n) is 5.07. The molecule has 2 heterocycles. The number of carbonyl (C=O) groups excluding carboxylic acids is 2. The molecule has 2 N–H and O–H groups in total. The molecular weight excluding hydrogens is 224 g/mol. The highest BCUT2D eigenvalue weighted by Gasteiger charge is 2.34. The maximum atomic E-state index is 11.7. The summed E-state index contributed by atoms with van der Waals surface area (Å²) in [4.78, 5) is 32.0. The lowest BCUT2D eigenvalue weighted by molar-refractivity contribution is -0.123. The van der Waals surface area contributed by atoms with Crippen LogP contribution in [0, 0.1) is 5.92 Å². The molecule has 1 unspecified atom stereocenters. The van der Waals surface area contributed by atoms with Crippen LogP contribution in [0.2, 0.25) is 0 Å². The number of amides is 2. The monoisotopic (exact) mass is 236 g/mol. The van der Waals surface area contributed by atoms with Gasteiger partial charge in [0.1, 0.15) is 0 Å². The van der Waals surface area contributed by atoms with E-state index in [1.807, 2.05) is 0 Å². The Morgan fingerprint density at radius 1 is 1.53 bits per heavy atom. The fourth-order valence-corrected chi connectivity index (χ4v) is 1.70. The fourth-order valence-electron chi connectivity index (χ4n) is 1.70. The topological polar surface area (TPSA) is 98.4 Å². The van der Waals surface area contributed by atoms with Crippen LogP contribution in [0.25, 0.3) is 0 Å².